The van der Waals surface area contributed by atoms with E-state index in [1.54, 1.807) is 25.4 Å². The Morgan fingerprint density at radius 3 is 2.89 bits per heavy atom. The lowest BCUT2D eigenvalue weighted by Crippen LogP contribution is -2.38. The number of ether oxygens (including phenoxy) is 3. The van der Waals surface area contributed by atoms with Crippen LogP contribution in [-0.4, -0.2) is 53.8 Å². The van der Waals surface area contributed by atoms with Gasteiger partial charge < -0.3 is 29.8 Å². The summed E-state index contributed by atoms with van der Waals surface area (Å²) >= 11 is 6.36. The zero-order valence-electron chi connectivity index (χ0n) is 18.9. The first kappa shape index (κ1) is 21.7. The van der Waals surface area contributed by atoms with Crippen LogP contribution in [0.25, 0.3) is 22.3 Å². The van der Waals surface area contributed by atoms with Crippen molar-refractivity contribution >= 4 is 39.9 Å². The van der Waals surface area contributed by atoms with Crippen molar-refractivity contribution in [1.82, 2.24) is 20.3 Å². The first-order valence-corrected chi connectivity index (χ1v) is 11.6. The summed E-state index contributed by atoms with van der Waals surface area (Å²) < 4.78 is 16.7. The molecule has 0 saturated carbocycles. The van der Waals surface area contributed by atoms with Crippen LogP contribution < -0.4 is 20.1 Å². The van der Waals surface area contributed by atoms with Crippen LogP contribution in [0.5, 0.6) is 11.6 Å². The van der Waals surface area contributed by atoms with E-state index in [9.17, 15) is 4.79 Å². The van der Waals surface area contributed by atoms with Gasteiger partial charge in [0.1, 0.15) is 11.6 Å². The molecule has 178 valence electrons. The zero-order valence-corrected chi connectivity index (χ0v) is 19.6. The van der Waals surface area contributed by atoms with Gasteiger partial charge in [-0.25, -0.2) is 4.98 Å². The van der Waals surface area contributed by atoms with Crippen LogP contribution in [0.3, 0.4) is 0 Å². The van der Waals surface area contributed by atoms with E-state index in [2.05, 4.69) is 20.6 Å². The smallest absolute Gasteiger partial charge is 0.255 e. The van der Waals surface area contributed by atoms with E-state index in [0.29, 0.717) is 70.8 Å². The summed E-state index contributed by atoms with van der Waals surface area (Å²) in [7, 11) is 1.56. The third-order valence-electron chi connectivity index (χ3n) is 6.12. The number of aromatic nitrogens is 3. The lowest BCUT2D eigenvalue weighted by atomic mass is 10.0. The number of pyridine rings is 2. The average Bonchev–Trinajstić information content (AvgIpc) is 3.20. The molecule has 35 heavy (non-hydrogen) atoms. The van der Waals surface area contributed by atoms with Crippen molar-refractivity contribution in [2.75, 3.05) is 32.2 Å². The molecule has 0 spiro atoms. The van der Waals surface area contributed by atoms with Crippen LogP contribution in [0.4, 0.5) is 11.4 Å². The van der Waals surface area contributed by atoms with Crippen molar-refractivity contribution in [1.29, 1.82) is 0 Å². The van der Waals surface area contributed by atoms with Crippen LogP contribution >= 0.6 is 11.6 Å². The molecule has 9 nitrogen and oxygen atoms in total. The molecular weight excluding hydrogens is 470 g/mol. The molecule has 0 unspecified atom stereocenters. The van der Waals surface area contributed by atoms with E-state index < -0.39 is 0 Å². The van der Waals surface area contributed by atoms with Crippen molar-refractivity contribution in [2.45, 2.75) is 12.5 Å². The Morgan fingerprint density at radius 1 is 1.20 bits per heavy atom. The van der Waals surface area contributed by atoms with Crippen molar-refractivity contribution in [3.63, 3.8) is 0 Å². The van der Waals surface area contributed by atoms with Crippen LogP contribution in [0.1, 0.15) is 16.1 Å². The molecule has 10 heteroatoms. The SMILES string of the molecule is COc1c(Cl)cccc1Nc1c(-c2ccnc3ccc(OC4COC4)nc23)[nH]c2c1C(=O)NCC2. The molecule has 0 aliphatic carbocycles. The summed E-state index contributed by atoms with van der Waals surface area (Å²) in [5, 5.41) is 6.80. The molecule has 5 heterocycles. The Labute approximate surface area is 205 Å². The Hall–Kier alpha value is -3.82. The maximum Gasteiger partial charge on any atom is 0.255 e. The second-order valence-corrected chi connectivity index (χ2v) is 8.74. The minimum absolute atomic E-state index is 0.00547. The molecule has 1 aromatic carbocycles. The average molecular weight is 492 g/mol. The van der Waals surface area contributed by atoms with Gasteiger partial charge >= 0.3 is 0 Å². The summed E-state index contributed by atoms with van der Waals surface area (Å²) in [4.78, 5) is 25.7. The molecule has 0 bridgehead atoms. The third kappa shape index (κ3) is 3.82. The van der Waals surface area contributed by atoms with Crippen molar-refractivity contribution < 1.29 is 19.0 Å². The minimum atomic E-state index is -0.155. The lowest BCUT2D eigenvalue weighted by Gasteiger charge is -2.26. The number of carbonyl (C=O) groups is 1. The van der Waals surface area contributed by atoms with Crippen molar-refractivity contribution in [2.24, 2.45) is 0 Å². The first-order valence-electron chi connectivity index (χ1n) is 11.3. The predicted molar refractivity (Wildman–Crippen MR) is 132 cm³/mol. The highest BCUT2D eigenvalue weighted by Crippen LogP contribution is 2.42. The van der Waals surface area contributed by atoms with Gasteiger partial charge in [-0.05, 0) is 24.3 Å². The molecule has 1 saturated heterocycles. The molecule has 1 fully saturated rings. The number of hydrogen-bond donors (Lipinski definition) is 3. The Kier molecular flexibility index (Phi) is 5.43. The van der Waals surface area contributed by atoms with Gasteiger partial charge in [0.05, 0.1) is 53.5 Å². The highest BCUT2D eigenvalue weighted by Gasteiger charge is 2.29. The summed E-state index contributed by atoms with van der Waals surface area (Å²) in [6.45, 7) is 1.66. The van der Waals surface area contributed by atoms with Crippen LogP contribution in [-0.2, 0) is 11.2 Å². The molecule has 4 aromatic rings. The number of methoxy groups -OCH3 is 1. The maximum absolute atomic E-state index is 13.0. The van der Waals surface area contributed by atoms with Gasteiger partial charge in [0, 0.05) is 36.5 Å². The number of H-pyrrole nitrogens is 1. The molecule has 3 aromatic heterocycles. The van der Waals surface area contributed by atoms with E-state index in [0.717, 1.165) is 17.0 Å². The van der Waals surface area contributed by atoms with E-state index in [-0.39, 0.29) is 12.0 Å². The number of amides is 1. The Bertz CT molecular complexity index is 1450. The largest absolute Gasteiger partial charge is 0.493 e. The fraction of sp³-hybridized carbons (Fsp3) is 0.240. The monoisotopic (exact) mass is 491 g/mol. The fourth-order valence-corrected chi connectivity index (χ4v) is 4.63. The van der Waals surface area contributed by atoms with Crippen LogP contribution in [0.15, 0.2) is 42.6 Å². The van der Waals surface area contributed by atoms with Crippen LogP contribution in [0.2, 0.25) is 5.02 Å². The summed E-state index contributed by atoms with van der Waals surface area (Å²) in [6, 6.07) is 11.0. The van der Waals surface area contributed by atoms with E-state index in [4.69, 9.17) is 30.8 Å². The van der Waals surface area contributed by atoms with Gasteiger partial charge in [0.15, 0.2) is 5.75 Å². The number of carbonyl (C=O) groups excluding carboxylic acids is 1. The van der Waals surface area contributed by atoms with E-state index >= 15 is 0 Å². The molecule has 1 amide bonds. The number of anilines is 2. The van der Waals surface area contributed by atoms with Gasteiger partial charge in [-0.15, -0.1) is 0 Å². The summed E-state index contributed by atoms with van der Waals surface area (Å²) in [6.07, 6.45) is 2.40. The Morgan fingerprint density at radius 2 is 2.09 bits per heavy atom. The van der Waals surface area contributed by atoms with E-state index in [1.807, 2.05) is 24.3 Å². The van der Waals surface area contributed by atoms with Gasteiger partial charge in [0.2, 0.25) is 5.88 Å². The topological polar surface area (TPSA) is 110 Å². The standard InChI is InChI=1S/C25H22ClN5O4/c1-33-24-15(26)3-2-4-18(24)30-23-20-16(8-10-28-25(20)32)29-22(23)14-7-9-27-17-5-6-19(31-21(14)17)35-13-11-34-12-13/h2-7,9,13,29-30H,8,10-12H2,1H3,(H,28,32). The predicted octanol–water partition coefficient (Wildman–Crippen LogP) is 4.09. The quantitative estimate of drug-likeness (QED) is 0.372. The summed E-state index contributed by atoms with van der Waals surface area (Å²) in [5.41, 5.74) is 5.53. The van der Waals surface area contributed by atoms with Gasteiger partial charge in [0.25, 0.3) is 5.91 Å². The number of fused-ring (bicyclic) bond motifs is 2. The first-order chi connectivity index (χ1) is 17.1. The zero-order chi connectivity index (χ0) is 23.9. The number of nitrogens with zero attached hydrogens (tertiary/aromatic N) is 2. The molecular formula is C25H22ClN5O4. The second-order valence-electron chi connectivity index (χ2n) is 8.33. The lowest BCUT2D eigenvalue weighted by molar-refractivity contribution is -0.0812. The molecule has 0 radical (unpaired) electrons. The van der Waals surface area contributed by atoms with Gasteiger partial charge in [-0.2, -0.15) is 0 Å². The molecule has 2 aliphatic heterocycles. The number of halogens is 1. The normalized spacial score (nSPS) is 15.3. The van der Waals surface area contributed by atoms with E-state index in [1.165, 1.54) is 0 Å². The number of nitrogens with one attached hydrogen (secondary N) is 3. The highest BCUT2D eigenvalue weighted by atomic mass is 35.5. The third-order valence-corrected chi connectivity index (χ3v) is 6.42. The molecule has 6 rings (SSSR count). The molecule has 0 atom stereocenters. The number of hydrogen-bond acceptors (Lipinski definition) is 7. The number of rotatable bonds is 6. The number of para-hydroxylation sites is 1. The van der Waals surface area contributed by atoms with Gasteiger partial charge in [-0.1, -0.05) is 17.7 Å². The number of benzene rings is 1. The Balaban J connectivity index is 1.52. The molecule has 3 N–H and O–H groups in total. The maximum atomic E-state index is 13.0. The fourth-order valence-electron chi connectivity index (χ4n) is 4.38. The van der Waals surface area contributed by atoms with Gasteiger partial charge in [-0.3, -0.25) is 9.78 Å². The molecule has 2 aliphatic rings. The second kappa shape index (κ2) is 8.75. The van der Waals surface area contributed by atoms with Crippen molar-refractivity contribution in [3.05, 3.63) is 58.9 Å². The summed E-state index contributed by atoms with van der Waals surface area (Å²) in [5.74, 6) is 0.833. The van der Waals surface area contributed by atoms with Crippen molar-refractivity contribution in [3.8, 4) is 22.9 Å². The highest BCUT2D eigenvalue weighted by molar-refractivity contribution is 6.32. The minimum Gasteiger partial charge on any atom is -0.493 e. The van der Waals surface area contributed by atoms with Crippen LogP contribution in [0, 0.1) is 0 Å². The number of aromatic amines is 1.